The molecule has 62 heavy (non-hydrogen) atoms. The van der Waals surface area contributed by atoms with E-state index in [4.69, 9.17) is 0 Å². The van der Waals surface area contributed by atoms with Gasteiger partial charge in [-0.15, -0.1) is 0 Å². The van der Waals surface area contributed by atoms with E-state index in [1.807, 2.05) is 0 Å². The van der Waals surface area contributed by atoms with Crippen LogP contribution in [0, 0.1) is 0 Å². The Morgan fingerprint density at radius 2 is 0.613 bits per heavy atom. The monoisotopic (exact) mass is 876 g/mol. The van der Waals surface area contributed by atoms with Crippen molar-refractivity contribution >= 4 is 5.91 Å². The van der Waals surface area contributed by atoms with Gasteiger partial charge in [-0.1, -0.05) is 296 Å². The molecular formula is C57H113NO4. The number of allylic oxidation sites excluding steroid dienone is 2. The van der Waals surface area contributed by atoms with E-state index < -0.39 is 24.2 Å². The maximum atomic E-state index is 12.5. The third-order valence-electron chi connectivity index (χ3n) is 13.6. The summed E-state index contributed by atoms with van der Waals surface area (Å²) in [7, 11) is 0. The van der Waals surface area contributed by atoms with Gasteiger partial charge in [0.05, 0.1) is 18.8 Å². The maximum absolute atomic E-state index is 12.5. The molecule has 0 aliphatic carbocycles. The molecule has 0 spiro atoms. The van der Waals surface area contributed by atoms with E-state index in [0.717, 1.165) is 32.1 Å². The Balaban J connectivity index is 3.45. The second-order valence-electron chi connectivity index (χ2n) is 19.9. The van der Waals surface area contributed by atoms with Crippen molar-refractivity contribution < 1.29 is 20.1 Å². The van der Waals surface area contributed by atoms with Crippen molar-refractivity contribution in [1.82, 2.24) is 5.32 Å². The van der Waals surface area contributed by atoms with Gasteiger partial charge in [0.25, 0.3) is 0 Å². The maximum Gasteiger partial charge on any atom is 0.249 e. The van der Waals surface area contributed by atoms with Crippen LogP contribution in [0.1, 0.15) is 322 Å². The van der Waals surface area contributed by atoms with Crippen molar-refractivity contribution in [2.24, 2.45) is 0 Å². The lowest BCUT2D eigenvalue weighted by Gasteiger charge is -2.23. The van der Waals surface area contributed by atoms with Gasteiger partial charge in [0.15, 0.2) is 0 Å². The van der Waals surface area contributed by atoms with Gasteiger partial charge in [-0.3, -0.25) is 4.79 Å². The molecule has 0 aliphatic rings. The van der Waals surface area contributed by atoms with Crippen LogP contribution in [0.3, 0.4) is 0 Å². The molecule has 0 aliphatic heterocycles. The smallest absolute Gasteiger partial charge is 0.249 e. The Labute approximate surface area is 389 Å². The van der Waals surface area contributed by atoms with Gasteiger partial charge < -0.3 is 20.6 Å². The third kappa shape index (κ3) is 47.1. The third-order valence-corrected chi connectivity index (χ3v) is 13.6. The van der Waals surface area contributed by atoms with E-state index in [0.29, 0.717) is 12.8 Å². The van der Waals surface area contributed by atoms with Crippen LogP contribution in [0.25, 0.3) is 0 Å². The number of hydrogen-bond acceptors (Lipinski definition) is 4. The van der Waals surface area contributed by atoms with Gasteiger partial charge >= 0.3 is 0 Å². The quantitative estimate of drug-likeness (QED) is 0.0362. The average Bonchev–Trinajstić information content (AvgIpc) is 3.28. The number of aliphatic hydroxyl groups excluding tert-OH is 3. The van der Waals surface area contributed by atoms with E-state index >= 15 is 0 Å². The average molecular weight is 877 g/mol. The molecule has 0 saturated heterocycles. The van der Waals surface area contributed by atoms with Gasteiger partial charge in [0.2, 0.25) is 5.91 Å². The fraction of sp³-hybridized carbons (Fsp3) is 0.947. The number of rotatable bonds is 53. The number of nitrogens with one attached hydrogen (secondary N) is 1. The summed E-state index contributed by atoms with van der Waals surface area (Å²) in [6.07, 6.45) is 65.6. The highest BCUT2D eigenvalue weighted by Crippen LogP contribution is 2.18. The lowest BCUT2D eigenvalue weighted by Crippen LogP contribution is -2.49. The van der Waals surface area contributed by atoms with E-state index in [2.05, 4.69) is 31.3 Å². The van der Waals surface area contributed by atoms with Crippen LogP contribution in [0.15, 0.2) is 12.2 Å². The lowest BCUT2D eigenvalue weighted by atomic mass is 10.0. The standard InChI is InChI=1S/C57H113NO4/c1-3-5-7-9-11-13-15-17-19-20-21-22-23-24-25-26-27-28-29-30-31-32-33-34-35-36-37-38-40-42-44-46-48-50-52-56(61)57(62)58-54(53-59)55(60)51-49-47-45-43-41-39-18-16-14-12-10-8-6-4-2/h26-27,54-56,59-61H,3-25,28-53H2,1-2H3,(H,58,62)/b27-26-. The number of carbonyl (C=O) groups excluding carboxylic acids is 1. The molecule has 5 nitrogen and oxygen atoms in total. The molecule has 0 radical (unpaired) electrons. The van der Waals surface area contributed by atoms with Crippen LogP contribution in [0.5, 0.6) is 0 Å². The van der Waals surface area contributed by atoms with E-state index in [-0.39, 0.29) is 6.61 Å². The van der Waals surface area contributed by atoms with Gasteiger partial charge in [-0.2, -0.15) is 0 Å². The molecule has 370 valence electrons. The minimum Gasteiger partial charge on any atom is -0.394 e. The molecule has 0 aromatic rings. The Bertz CT molecular complexity index is 879. The van der Waals surface area contributed by atoms with Crippen LogP contribution in [-0.2, 0) is 4.79 Å². The first-order chi connectivity index (χ1) is 30.6. The zero-order valence-electron chi connectivity index (χ0n) is 42.3. The SMILES string of the molecule is CCCCCCCCCCCCCCCC/C=C\CCCCCCCCCCCCCCCCCCC(O)C(=O)NC(CO)C(O)CCCCCCCCCCCCCCCC. The largest absolute Gasteiger partial charge is 0.394 e. The molecular weight excluding hydrogens is 763 g/mol. The van der Waals surface area contributed by atoms with Gasteiger partial charge in [0, 0.05) is 0 Å². The van der Waals surface area contributed by atoms with Crippen molar-refractivity contribution in [1.29, 1.82) is 0 Å². The summed E-state index contributed by atoms with van der Waals surface area (Å²) in [6.45, 7) is 4.26. The number of amides is 1. The van der Waals surface area contributed by atoms with Crippen molar-refractivity contribution in [3.05, 3.63) is 12.2 Å². The van der Waals surface area contributed by atoms with Gasteiger partial charge in [-0.05, 0) is 38.5 Å². The second-order valence-corrected chi connectivity index (χ2v) is 19.9. The first kappa shape index (κ1) is 61.1. The van der Waals surface area contributed by atoms with Crippen molar-refractivity contribution in [2.45, 2.75) is 340 Å². The van der Waals surface area contributed by atoms with Crippen molar-refractivity contribution in [3.63, 3.8) is 0 Å². The van der Waals surface area contributed by atoms with Crippen molar-refractivity contribution in [2.75, 3.05) is 6.61 Å². The number of hydrogen-bond donors (Lipinski definition) is 4. The minimum atomic E-state index is -1.07. The molecule has 3 unspecified atom stereocenters. The highest BCUT2D eigenvalue weighted by atomic mass is 16.3. The van der Waals surface area contributed by atoms with Crippen molar-refractivity contribution in [3.8, 4) is 0 Å². The Hall–Kier alpha value is -0.910. The fourth-order valence-electron chi connectivity index (χ4n) is 9.19. The molecule has 0 bridgehead atoms. The summed E-state index contributed by atoms with van der Waals surface area (Å²) in [5.41, 5.74) is 0. The van der Waals surface area contributed by atoms with Gasteiger partial charge in [-0.25, -0.2) is 0 Å². The number of unbranched alkanes of at least 4 members (excludes halogenated alkanes) is 43. The predicted molar refractivity (Wildman–Crippen MR) is 273 cm³/mol. The first-order valence-electron chi connectivity index (χ1n) is 28.5. The summed E-state index contributed by atoms with van der Waals surface area (Å²) < 4.78 is 0. The molecule has 0 saturated carbocycles. The molecule has 3 atom stereocenters. The van der Waals surface area contributed by atoms with E-state index in [1.165, 1.54) is 263 Å². The lowest BCUT2D eigenvalue weighted by molar-refractivity contribution is -0.131. The van der Waals surface area contributed by atoms with Crippen LogP contribution >= 0.6 is 0 Å². The number of aliphatic hydroxyl groups is 3. The zero-order valence-corrected chi connectivity index (χ0v) is 42.3. The molecule has 1 amide bonds. The molecule has 0 aromatic heterocycles. The topological polar surface area (TPSA) is 89.8 Å². The second kappa shape index (κ2) is 52.7. The molecule has 0 heterocycles. The van der Waals surface area contributed by atoms with Crippen LogP contribution in [0.2, 0.25) is 0 Å². The predicted octanol–water partition coefficient (Wildman–Crippen LogP) is 17.5. The fourth-order valence-corrected chi connectivity index (χ4v) is 9.19. The Morgan fingerprint density at radius 3 is 0.887 bits per heavy atom. The highest BCUT2D eigenvalue weighted by Gasteiger charge is 2.23. The normalized spacial score (nSPS) is 13.3. The minimum absolute atomic E-state index is 0.309. The molecule has 0 fully saturated rings. The van der Waals surface area contributed by atoms with Crippen LogP contribution < -0.4 is 5.32 Å². The summed E-state index contributed by atoms with van der Waals surface area (Å²) in [4.78, 5) is 12.5. The highest BCUT2D eigenvalue weighted by molar-refractivity contribution is 5.80. The van der Waals surface area contributed by atoms with Crippen LogP contribution in [-0.4, -0.2) is 46.1 Å². The summed E-state index contributed by atoms with van der Waals surface area (Å²) in [5.74, 6) is -0.465. The summed E-state index contributed by atoms with van der Waals surface area (Å²) >= 11 is 0. The number of carbonyl (C=O) groups is 1. The van der Waals surface area contributed by atoms with E-state index in [9.17, 15) is 20.1 Å². The van der Waals surface area contributed by atoms with Gasteiger partial charge in [0.1, 0.15) is 6.10 Å². The molecule has 0 rings (SSSR count). The van der Waals surface area contributed by atoms with E-state index in [1.54, 1.807) is 0 Å². The zero-order chi connectivity index (χ0) is 45.1. The van der Waals surface area contributed by atoms with Crippen LogP contribution in [0.4, 0.5) is 0 Å². The first-order valence-corrected chi connectivity index (χ1v) is 28.5. The molecule has 5 heteroatoms. The molecule has 0 aromatic carbocycles. The summed E-state index contributed by atoms with van der Waals surface area (Å²) in [5, 5.41) is 33.5. The molecule has 4 N–H and O–H groups in total. The Morgan fingerprint density at radius 1 is 0.371 bits per heavy atom. The Kier molecular flexibility index (Phi) is 51.9. The summed E-state index contributed by atoms with van der Waals surface area (Å²) in [6, 6.07) is -0.708.